The van der Waals surface area contributed by atoms with Crippen molar-refractivity contribution in [3.63, 3.8) is 0 Å². The maximum Gasteiger partial charge on any atom is 0.315 e. The Morgan fingerprint density at radius 2 is 1.90 bits per heavy atom. The lowest BCUT2D eigenvalue weighted by Crippen LogP contribution is -2.38. The maximum absolute atomic E-state index is 12.1. The average molecular weight is 307 g/mol. The van der Waals surface area contributed by atoms with Gasteiger partial charge in [0.15, 0.2) is 0 Å². The first-order valence-corrected chi connectivity index (χ1v) is 7.80. The molecule has 2 amide bonds. The summed E-state index contributed by atoms with van der Waals surface area (Å²) in [6.07, 6.45) is 0. The number of amides is 2. The lowest BCUT2D eigenvalue weighted by molar-refractivity contribution is 0.234. The van der Waals surface area contributed by atoms with Gasteiger partial charge in [0.05, 0.1) is 22.8 Å². The Labute approximate surface area is 128 Å². The predicted octanol–water partition coefficient (Wildman–Crippen LogP) is 3.78. The van der Waals surface area contributed by atoms with Crippen LogP contribution < -0.4 is 10.6 Å². The van der Waals surface area contributed by atoms with Crippen LogP contribution in [0.25, 0.3) is 0 Å². The predicted molar refractivity (Wildman–Crippen MR) is 83.5 cm³/mol. The van der Waals surface area contributed by atoms with Gasteiger partial charge >= 0.3 is 6.03 Å². The Morgan fingerprint density at radius 3 is 2.43 bits per heavy atom. The third-order valence-electron chi connectivity index (χ3n) is 3.32. The largest absolute Gasteiger partial charge is 0.466 e. The fourth-order valence-corrected chi connectivity index (χ4v) is 2.95. The van der Waals surface area contributed by atoms with E-state index in [4.69, 9.17) is 4.42 Å². The summed E-state index contributed by atoms with van der Waals surface area (Å²) >= 11 is 1.58. The summed E-state index contributed by atoms with van der Waals surface area (Å²) in [5.41, 5.74) is 1.88. The molecule has 21 heavy (non-hydrogen) atoms. The second-order valence-corrected chi connectivity index (χ2v) is 6.28. The lowest BCUT2D eigenvalue weighted by atomic mass is 10.1. The number of furan rings is 1. The summed E-state index contributed by atoms with van der Waals surface area (Å²) < 4.78 is 5.49. The number of carbonyl (C=O) groups excluding carboxylic acids is 1. The van der Waals surface area contributed by atoms with Crippen molar-refractivity contribution in [2.45, 2.75) is 46.7 Å². The minimum Gasteiger partial charge on any atom is -0.466 e. The number of hydrogen-bond donors (Lipinski definition) is 2. The van der Waals surface area contributed by atoms with Crippen molar-refractivity contribution in [2.24, 2.45) is 0 Å². The maximum atomic E-state index is 12.1. The summed E-state index contributed by atoms with van der Waals surface area (Å²) in [5.74, 6) is 1.69. The van der Waals surface area contributed by atoms with Crippen LogP contribution in [-0.2, 0) is 0 Å². The summed E-state index contributed by atoms with van der Waals surface area (Å²) in [4.78, 5) is 16.4. The van der Waals surface area contributed by atoms with Crippen molar-refractivity contribution in [2.75, 3.05) is 0 Å². The molecule has 0 radical (unpaired) electrons. The van der Waals surface area contributed by atoms with Gasteiger partial charge in [-0.1, -0.05) is 0 Å². The van der Waals surface area contributed by atoms with Gasteiger partial charge in [-0.15, -0.1) is 11.3 Å². The topological polar surface area (TPSA) is 67.2 Å². The third kappa shape index (κ3) is 3.85. The number of hydrogen-bond acceptors (Lipinski definition) is 4. The van der Waals surface area contributed by atoms with Gasteiger partial charge in [-0.2, -0.15) is 0 Å². The first-order valence-electron chi connectivity index (χ1n) is 6.92. The fraction of sp³-hybridized carbons (Fsp3) is 0.467. The highest BCUT2D eigenvalue weighted by Crippen LogP contribution is 2.21. The van der Waals surface area contributed by atoms with Crippen molar-refractivity contribution in [3.8, 4) is 0 Å². The van der Waals surface area contributed by atoms with Gasteiger partial charge < -0.3 is 15.1 Å². The number of nitrogens with zero attached hydrogens (tertiary/aromatic N) is 1. The van der Waals surface area contributed by atoms with Crippen LogP contribution in [0.1, 0.15) is 53.7 Å². The van der Waals surface area contributed by atoms with Crippen LogP contribution in [0.2, 0.25) is 0 Å². The van der Waals surface area contributed by atoms with Crippen LogP contribution in [0.3, 0.4) is 0 Å². The van der Waals surface area contributed by atoms with E-state index in [-0.39, 0.29) is 18.1 Å². The highest BCUT2D eigenvalue weighted by Gasteiger charge is 2.17. The molecule has 0 aliphatic heterocycles. The van der Waals surface area contributed by atoms with Crippen LogP contribution in [0.4, 0.5) is 4.79 Å². The molecule has 0 saturated heterocycles. The van der Waals surface area contributed by atoms with Gasteiger partial charge in [-0.05, 0) is 40.7 Å². The molecule has 2 N–H and O–H groups in total. The summed E-state index contributed by atoms with van der Waals surface area (Å²) in [7, 11) is 0. The van der Waals surface area contributed by atoms with Gasteiger partial charge in [0.25, 0.3) is 0 Å². The van der Waals surface area contributed by atoms with Gasteiger partial charge in [0, 0.05) is 10.9 Å². The van der Waals surface area contributed by atoms with E-state index in [0.29, 0.717) is 0 Å². The van der Waals surface area contributed by atoms with Gasteiger partial charge in [-0.25, -0.2) is 9.78 Å². The second-order valence-electron chi connectivity index (χ2n) is 5.22. The SMILES string of the molecule is Cc1cc(C(C)NC(=O)NC(C)c2csc(C)n2)c(C)o1. The van der Waals surface area contributed by atoms with Crippen molar-refractivity contribution < 1.29 is 9.21 Å². The molecule has 6 heteroatoms. The number of aromatic nitrogens is 1. The molecule has 114 valence electrons. The molecule has 0 saturated carbocycles. The molecule has 0 fully saturated rings. The monoisotopic (exact) mass is 307 g/mol. The van der Waals surface area contributed by atoms with Crippen LogP contribution in [0.5, 0.6) is 0 Å². The number of nitrogens with one attached hydrogen (secondary N) is 2. The molecular formula is C15H21N3O2S. The Morgan fingerprint density at radius 1 is 1.24 bits per heavy atom. The lowest BCUT2D eigenvalue weighted by Gasteiger charge is -2.17. The first kappa shape index (κ1) is 15.6. The van der Waals surface area contributed by atoms with Crippen molar-refractivity contribution in [3.05, 3.63) is 39.2 Å². The summed E-state index contributed by atoms with van der Waals surface area (Å²) in [6.45, 7) is 9.61. The Hall–Kier alpha value is -1.82. The quantitative estimate of drug-likeness (QED) is 0.903. The van der Waals surface area contributed by atoms with E-state index in [9.17, 15) is 4.79 Å². The molecule has 0 aromatic carbocycles. The van der Waals surface area contributed by atoms with Crippen molar-refractivity contribution in [1.29, 1.82) is 0 Å². The number of thiazole rings is 1. The highest BCUT2D eigenvalue weighted by atomic mass is 32.1. The van der Waals surface area contributed by atoms with Gasteiger partial charge in [-0.3, -0.25) is 0 Å². The Kier molecular flexibility index (Phi) is 4.67. The van der Waals surface area contributed by atoms with E-state index in [2.05, 4.69) is 15.6 Å². The van der Waals surface area contributed by atoms with Crippen molar-refractivity contribution >= 4 is 17.4 Å². The molecule has 2 rings (SSSR count). The van der Waals surface area contributed by atoms with Crippen LogP contribution in [0, 0.1) is 20.8 Å². The van der Waals surface area contributed by atoms with E-state index in [1.54, 1.807) is 11.3 Å². The van der Waals surface area contributed by atoms with E-state index in [1.807, 2.05) is 46.1 Å². The molecule has 0 aliphatic carbocycles. The molecule has 0 aliphatic rings. The average Bonchev–Trinajstić information content (AvgIpc) is 2.95. The zero-order valence-electron chi connectivity index (χ0n) is 13.0. The number of urea groups is 1. The molecular weight excluding hydrogens is 286 g/mol. The van der Waals surface area contributed by atoms with E-state index in [0.717, 1.165) is 27.8 Å². The fourth-order valence-electron chi connectivity index (χ4n) is 2.25. The van der Waals surface area contributed by atoms with Gasteiger partial charge in [0.1, 0.15) is 11.5 Å². The van der Waals surface area contributed by atoms with E-state index >= 15 is 0 Å². The molecule has 2 unspecified atom stereocenters. The van der Waals surface area contributed by atoms with E-state index < -0.39 is 0 Å². The minimum absolute atomic E-state index is 0.105. The standard InChI is InChI=1S/C15H21N3O2S/c1-8-6-13(11(4)20-8)9(2)16-15(19)17-10(3)14-7-21-12(5)18-14/h6-7,9-10H,1-5H3,(H2,16,17,19). The Balaban J connectivity index is 1.94. The zero-order valence-corrected chi connectivity index (χ0v) is 13.8. The number of rotatable bonds is 4. The van der Waals surface area contributed by atoms with Crippen LogP contribution in [0.15, 0.2) is 15.9 Å². The number of aryl methyl sites for hydroxylation is 3. The third-order valence-corrected chi connectivity index (χ3v) is 4.11. The van der Waals surface area contributed by atoms with Crippen LogP contribution in [-0.4, -0.2) is 11.0 Å². The molecule has 0 spiro atoms. The van der Waals surface area contributed by atoms with E-state index in [1.165, 1.54) is 0 Å². The Bertz CT molecular complexity index is 633. The molecule has 2 aromatic rings. The van der Waals surface area contributed by atoms with Crippen molar-refractivity contribution in [1.82, 2.24) is 15.6 Å². The molecule has 2 heterocycles. The van der Waals surface area contributed by atoms with Gasteiger partial charge in [0.2, 0.25) is 0 Å². The second kappa shape index (κ2) is 6.30. The molecule has 5 nitrogen and oxygen atoms in total. The zero-order chi connectivity index (χ0) is 15.6. The summed E-state index contributed by atoms with van der Waals surface area (Å²) in [5, 5.41) is 8.79. The molecule has 2 aromatic heterocycles. The minimum atomic E-state index is -0.209. The smallest absolute Gasteiger partial charge is 0.315 e. The van der Waals surface area contributed by atoms with Crippen LogP contribution >= 0.6 is 11.3 Å². The molecule has 2 atom stereocenters. The first-order chi connectivity index (χ1) is 9.86. The number of carbonyl (C=O) groups is 1. The normalized spacial score (nSPS) is 13.8. The summed E-state index contributed by atoms with van der Waals surface area (Å²) in [6, 6.07) is 1.52. The molecule has 0 bridgehead atoms. The highest BCUT2D eigenvalue weighted by molar-refractivity contribution is 7.09.